The Balaban J connectivity index is 1.87. The van der Waals surface area contributed by atoms with Gasteiger partial charge in [0.1, 0.15) is 11.2 Å². The number of hydrogen-bond acceptors (Lipinski definition) is 5. The Kier molecular flexibility index (Phi) is 5.40. The average Bonchev–Trinajstić information content (AvgIpc) is 2.67. The quantitative estimate of drug-likeness (QED) is 0.669. The third-order valence-electron chi connectivity index (χ3n) is 4.06. The molecule has 0 radical (unpaired) electrons. The molecule has 1 atom stereocenters. The molecule has 0 bridgehead atoms. The minimum absolute atomic E-state index is 0.116. The standard InChI is InChI=1S/C18H20ClN3O3/c1-24-15-7-6-12(10-16(15)25-2)13-4-3-5-14(21-13)18(23)22-9-8-20-17(19)11-22/h3-7,10,17,20H,8-9,11H2,1-2H3. The lowest BCUT2D eigenvalue weighted by Gasteiger charge is -2.30. The van der Waals surface area contributed by atoms with Crippen molar-refractivity contribution in [2.24, 2.45) is 0 Å². The minimum atomic E-state index is -0.230. The molecular weight excluding hydrogens is 342 g/mol. The molecule has 3 rings (SSSR count). The van der Waals surface area contributed by atoms with Gasteiger partial charge in [-0.15, -0.1) is 11.6 Å². The van der Waals surface area contributed by atoms with Crippen LogP contribution in [0, 0.1) is 0 Å². The first-order valence-corrected chi connectivity index (χ1v) is 8.42. The fraction of sp³-hybridized carbons (Fsp3) is 0.333. The van der Waals surface area contributed by atoms with Crippen LogP contribution in [-0.4, -0.2) is 55.1 Å². The molecule has 1 aromatic carbocycles. The van der Waals surface area contributed by atoms with Crippen molar-refractivity contribution in [1.82, 2.24) is 15.2 Å². The van der Waals surface area contributed by atoms with Crippen LogP contribution in [0.5, 0.6) is 11.5 Å². The molecule has 0 aliphatic carbocycles. The first-order valence-electron chi connectivity index (χ1n) is 7.98. The third kappa shape index (κ3) is 3.86. The van der Waals surface area contributed by atoms with E-state index < -0.39 is 0 Å². The lowest BCUT2D eigenvalue weighted by Crippen LogP contribution is -2.50. The Morgan fingerprint density at radius 3 is 2.76 bits per heavy atom. The number of amides is 1. The summed E-state index contributed by atoms with van der Waals surface area (Å²) in [5.74, 6) is 1.15. The first kappa shape index (κ1) is 17.5. The second-order valence-electron chi connectivity index (χ2n) is 5.65. The summed E-state index contributed by atoms with van der Waals surface area (Å²) in [4.78, 5) is 18.9. The molecule has 1 aliphatic rings. The zero-order chi connectivity index (χ0) is 17.8. The van der Waals surface area contributed by atoms with E-state index in [0.29, 0.717) is 42.5 Å². The molecule has 6 nitrogen and oxygen atoms in total. The van der Waals surface area contributed by atoms with Gasteiger partial charge in [0.25, 0.3) is 5.91 Å². The molecule has 1 amide bonds. The largest absolute Gasteiger partial charge is 0.493 e. The van der Waals surface area contributed by atoms with Crippen LogP contribution in [0.4, 0.5) is 0 Å². The maximum atomic E-state index is 12.7. The molecule has 25 heavy (non-hydrogen) atoms. The van der Waals surface area contributed by atoms with Crippen molar-refractivity contribution in [1.29, 1.82) is 0 Å². The predicted molar refractivity (Wildman–Crippen MR) is 96.3 cm³/mol. The normalized spacial score (nSPS) is 17.2. The van der Waals surface area contributed by atoms with E-state index >= 15 is 0 Å². The van der Waals surface area contributed by atoms with Gasteiger partial charge in [0.2, 0.25) is 0 Å². The molecular formula is C18H20ClN3O3. The van der Waals surface area contributed by atoms with Crippen molar-refractivity contribution >= 4 is 17.5 Å². The second kappa shape index (κ2) is 7.72. The van der Waals surface area contributed by atoms with Crippen LogP contribution in [0.2, 0.25) is 0 Å². The van der Waals surface area contributed by atoms with Crippen LogP contribution in [-0.2, 0) is 0 Å². The highest BCUT2D eigenvalue weighted by atomic mass is 35.5. The van der Waals surface area contributed by atoms with Gasteiger partial charge in [-0.3, -0.25) is 10.1 Å². The zero-order valence-electron chi connectivity index (χ0n) is 14.2. The first-order chi connectivity index (χ1) is 12.1. The molecule has 1 saturated heterocycles. The number of piperazine rings is 1. The van der Waals surface area contributed by atoms with Gasteiger partial charge in [-0.2, -0.15) is 0 Å². The summed E-state index contributed by atoms with van der Waals surface area (Å²) in [5, 5.41) is 3.10. The monoisotopic (exact) mass is 361 g/mol. The molecule has 1 unspecified atom stereocenters. The van der Waals surface area contributed by atoms with Gasteiger partial charge >= 0.3 is 0 Å². The summed E-state index contributed by atoms with van der Waals surface area (Å²) < 4.78 is 10.6. The van der Waals surface area contributed by atoms with Crippen LogP contribution >= 0.6 is 11.6 Å². The number of nitrogens with zero attached hydrogens (tertiary/aromatic N) is 2. The van der Waals surface area contributed by atoms with E-state index in [2.05, 4.69) is 10.3 Å². The maximum absolute atomic E-state index is 12.7. The smallest absolute Gasteiger partial charge is 0.272 e. The van der Waals surface area contributed by atoms with Gasteiger partial charge in [0.05, 0.1) is 26.5 Å². The molecule has 1 N–H and O–H groups in total. The topological polar surface area (TPSA) is 63.7 Å². The maximum Gasteiger partial charge on any atom is 0.272 e. The van der Waals surface area contributed by atoms with E-state index in [0.717, 1.165) is 5.56 Å². The van der Waals surface area contributed by atoms with Crippen LogP contribution in [0.3, 0.4) is 0 Å². The Hall–Kier alpha value is -2.31. The van der Waals surface area contributed by atoms with Crippen molar-refractivity contribution in [2.75, 3.05) is 33.9 Å². The molecule has 0 spiro atoms. The van der Waals surface area contributed by atoms with Crippen LogP contribution in [0.1, 0.15) is 10.5 Å². The number of alkyl halides is 1. The Bertz CT molecular complexity index is 769. The number of halogens is 1. The molecule has 1 aromatic heterocycles. The van der Waals surface area contributed by atoms with Crippen LogP contribution < -0.4 is 14.8 Å². The summed E-state index contributed by atoms with van der Waals surface area (Å²) >= 11 is 6.08. The number of carbonyl (C=O) groups is 1. The second-order valence-corrected chi connectivity index (χ2v) is 6.18. The van der Waals surface area contributed by atoms with E-state index in [9.17, 15) is 4.79 Å². The molecule has 0 saturated carbocycles. The number of ether oxygens (including phenoxy) is 2. The summed E-state index contributed by atoms with van der Waals surface area (Å²) in [7, 11) is 3.18. The van der Waals surface area contributed by atoms with Crippen molar-refractivity contribution in [3.8, 4) is 22.8 Å². The van der Waals surface area contributed by atoms with Crippen LogP contribution in [0.25, 0.3) is 11.3 Å². The third-order valence-corrected chi connectivity index (χ3v) is 4.36. The lowest BCUT2D eigenvalue weighted by atomic mass is 10.1. The molecule has 2 heterocycles. The summed E-state index contributed by atoms with van der Waals surface area (Å²) in [6.45, 7) is 1.75. The van der Waals surface area contributed by atoms with Crippen LogP contribution in [0.15, 0.2) is 36.4 Å². The Morgan fingerprint density at radius 1 is 1.24 bits per heavy atom. The fourth-order valence-corrected chi connectivity index (χ4v) is 3.04. The summed E-state index contributed by atoms with van der Waals surface area (Å²) in [6.07, 6.45) is 0. The fourth-order valence-electron chi connectivity index (χ4n) is 2.76. The number of rotatable bonds is 4. The highest BCUT2D eigenvalue weighted by Crippen LogP contribution is 2.31. The summed E-state index contributed by atoms with van der Waals surface area (Å²) in [5.41, 5.74) is 1.72. The van der Waals surface area contributed by atoms with E-state index in [1.807, 2.05) is 30.3 Å². The zero-order valence-corrected chi connectivity index (χ0v) is 14.9. The van der Waals surface area contributed by atoms with Crippen molar-refractivity contribution in [3.05, 3.63) is 42.1 Å². The molecule has 132 valence electrons. The van der Waals surface area contributed by atoms with E-state index in [1.165, 1.54) is 0 Å². The molecule has 1 aliphatic heterocycles. The van der Waals surface area contributed by atoms with E-state index in [-0.39, 0.29) is 11.4 Å². The lowest BCUT2D eigenvalue weighted by molar-refractivity contribution is 0.0720. The minimum Gasteiger partial charge on any atom is -0.493 e. The highest BCUT2D eigenvalue weighted by molar-refractivity contribution is 6.20. The van der Waals surface area contributed by atoms with E-state index in [1.54, 1.807) is 25.2 Å². The number of pyridine rings is 1. The van der Waals surface area contributed by atoms with Crippen molar-refractivity contribution < 1.29 is 14.3 Å². The molecule has 1 fully saturated rings. The number of hydrogen-bond donors (Lipinski definition) is 1. The SMILES string of the molecule is COc1ccc(-c2cccc(C(=O)N3CCNC(Cl)C3)n2)cc1OC. The van der Waals surface area contributed by atoms with Gasteiger partial charge < -0.3 is 14.4 Å². The van der Waals surface area contributed by atoms with Crippen molar-refractivity contribution in [2.45, 2.75) is 5.50 Å². The van der Waals surface area contributed by atoms with Crippen molar-refractivity contribution in [3.63, 3.8) is 0 Å². The van der Waals surface area contributed by atoms with E-state index in [4.69, 9.17) is 21.1 Å². The van der Waals surface area contributed by atoms with Gasteiger partial charge in [0, 0.05) is 18.7 Å². The number of nitrogens with one attached hydrogen (secondary N) is 1. The van der Waals surface area contributed by atoms with Gasteiger partial charge in [-0.25, -0.2) is 4.98 Å². The highest BCUT2D eigenvalue weighted by Gasteiger charge is 2.23. The van der Waals surface area contributed by atoms with Gasteiger partial charge in [-0.1, -0.05) is 6.07 Å². The molecule has 2 aromatic rings. The number of aromatic nitrogens is 1. The van der Waals surface area contributed by atoms with Gasteiger partial charge in [-0.05, 0) is 30.3 Å². The molecule has 7 heteroatoms. The van der Waals surface area contributed by atoms with Gasteiger partial charge in [0.15, 0.2) is 11.5 Å². The summed E-state index contributed by atoms with van der Waals surface area (Å²) in [6, 6.07) is 11.0. The number of carbonyl (C=O) groups excluding carboxylic acids is 1. The average molecular weight is 362 g/mol. The number of methoxy groups -OCH3 is 2. The predicted octanol–water partition coefficient (Wildman–Crippen LogP) is 2.38. The Morgan fingerprint density at radius 2 is 2.04 bits per heavy atom. The number of benzene rings is 1. The Labute approximate surface area is 151 Å².